The highest BCUT2D eigenvalue weighted by Gasteiger charge is 2.36. The van der Waals surface area contributed by atoms with Crippen molar-refractivity contribution in [3.05, 3.63) is 0 Å². The first kappa shape index (κ1) is 13.3. The minimum atomic E-state index is -0.655. The van der Waals surface area contributed by atoms with Crippen molar-refractivity contribution in [2.75, 3.05) is 6.54 Å². The third-order valence-electron chi connectivity index (χ3n) is 2.79. The van der Waals surface area contributed by atoms with Gasteiger partial charge in [-0.15, -0.1) is 0 Å². The summed E-state index contributed by atoms with van der Waals surface area (Å²) in [5.74, 6) is 0. The number of likely N-dealkylation sites (tertiary alicyclic amines) is 1. The molecule has 1 saturated heterocycles. The van der Waals surface area contributed by atoms with Crippen molar-refractivity contribution in [2.45, 2.75) is 64.7 Å². The maximum absolute atomic E-state index is 11.9. The normalized spacial score (nSPS) is 31.4. The summed E-state index contributed by atoms with van der Waals surface area (Å²) in [7, 11) is 0. The molecule has 2 atom stereocenters. The van der Waals surface area contributed by atoms with Gasteiger partial charge in [-0.1, -0.05) is 0 Å². The highest BCUT2D eigenvalue weighted by atomic mass is 16.6. The van der Waals surface area contributed by atoms with Gasteiger partial charge in [0.05, 0.1) is 5.60 Å². The van der Waals surface area contributed by atoms with Gasteiger partial charge in [-0.25, -0.2) is 4.79 Å². The van der Waals surface area contributed by atoms with E-state index in [9.17, 15) is 9.90 Å². The smallest absolute Gasteiger partial charge is 0.410 e. The van der Waals surface area contributed by atoms with E-state index in [0.29, 0.717) is 19.4 Å². The van der Waals surface area contributed by atoms with Crippen LogP contribution in [-0.2, 0) is 4.74 Å². The second kappa shape index (κ2) is 4.24. The van der Waals surface area contributed by atoms with E-state index >= 15 is 0 Å². The Morgan fingerprint density at radius 3 is 2.50 bits per heavy atom. The highest BCUT2D eigenvalue weighted by molar-refractivity contribution is 5.68. The molecule has 94 valence electrons. The van der Waals surface area contributed by atoms with E-state index in [0.717, 1.165) is 0 Å². The van der Waals surface area contributed by atoms with Crippen LogP contribution in [0.5, 0.6) is 0 Å². The lowest BCUT2D eigenvalue weighted by Crippen LogP contribution is -2.51. The van der Waals surface area contributed by atoms with Crippen LogP contribution < -0.4 is 0 Å². The SMILES string of the molecule is CC1CC(C)(O)CCN1C(=O)OC(C)(C)C. The van der Waals surface area contributed by atoms with E-state index in [2.05, 4.69) is 0 Å². The molecule has 1 aliphatic heterocycles. The van der Waals surface area contributed by atoms with E-state index in [4.69, 9.17) is 4.74 Å². The maximum atomic E-state index is 11.9. The van der Waals surface area contributed by atoms with Crippen LogP contribution in [0, 0.1) is 0 Å². The third kappa shape index (κ3) is 3.67. The van der Waals surface area contributed by atoms with Crippen molar-refractivity contribution in [2.24, 2.45) is 0 Å². The lowest BCUT2D eigenvalue weighted by atomic mass is 9.89. The molecule has 0 aromatic heterocycles. The predicted octanol–water partition coefficient (Wildman–Crippen LogP) is 2.16. The average Bonchev–Trinajstić information content (AvgIpc) is 1.97. The van der Waals surface area contributed by atoms with Crippen molar-refractivity contribution in [3.8, 4) is 0 Å². The fraction of sp³-hybridized carbons (Fsp3) is 0.917. The van der Waals surface area contributed by atoms with Gasteiger partial charge in [0, 0.05) is 12.6 Å². The summed E-state index contributed by atoms with van der Waals surface area (Å²) < 4.78 is 5.32. The van der Waals surface area contributed by atoms with Gasteiger partial charge in [0.1, 0.15) is 5.60 Å². The van der Waals surface area contributed by atoms with E-state index in [1.807, 2.05) is 34.6 Å². The van der Waals surface area contributed by atoms with Crippen molar-refractivity contribution >= 4 is 6.09 Å². The predicted molar refractivity (Wildman–Crippen MR) is 62.3 cm³/mol. The van der Waals surface area contributed by atoms with Crippen LogP contribution >= 0.6 is 0 Å². The summed E-state index contributed by atoms with van der Waals surface area (Å²) in [6.45, 7) is 9.89. The standard InChI is InChI=1S/C12H23NO3/c1-9-8-12(5,15)6-7-13(9)10(14)16-11(2,3)4/h9,15H,6-8H2,1-5H3. The molecule has 2 unspecified atom stereocenters. The molecule has 0 aliphatic carbocycles. The minimum Gasteiger partial charge on any atom is -0.444 e. The van der Waals surface area contributed by atoms with Gasteiger partial charge in [0.25, 0.3) is 0 Å². The zero-order valence-corrected chi connectivity index (χ0v) is 10.9. The van der Waals surface area contributed by atoms with Crippen molar-refractivity contribution in [1.29, 1.82) is 0 Å². The summed E-state index contributed by atoms with van der Waals surface area (Å²) >= 11 is 0. The van der Waals surface area contributed by atoms with Gasteiger partial charge < -0.3 is 14.7 Å². The second-order valence-corrected chi connectivity index (χ2v) is 5.97. The topological polar surface area (TPSA) is 49.8 Å². The van der Waals surface area contributed by atoms with Crippen molar-refractivity contribution in [3.63, 3.8) is 0 Å². The highest BCUT2D eigenvalue weighted by Crippen LogP contribution is 2.27. The lowest BCUT2D eigenvalue weighted by Gasteiger charge is -2.41. The Morgan fingerprint density at radius 1 is 1.50 bits per heavy atom. The van der Waals surface area contributed by atoms with Crippen molar-refractivity contribution in [1.82, 2.24) is 4.90 Å². The molecule has 0 spiro atoms. The summed E-state index contributed by atoms with van der Waals surface area (Å²) in [4.78, 5) is 13.6. The number of carbonyl (C=O) groups is 1. The number of ether oxygens (including phenoxy) is 1. The van der Waals surface area contributed by atoms with Crippen LogP contribution in [0.25, 0.3) is 0 Å². The fourth-order valence-electron chi connectivity index (χ4n) is 2.02. The first-order valence-corrected chi connectivity index (χ1v) is 5.83. The van der Waals surface area contributed by atoms with Gasteiger partial charge in [0.2, 0.25) is 0 Å². The van der Waals surface area contributed by atoms with E-state index in [1.54, 1.807) is 4.90 Å². The molecule has 0 aromatic rings. The molecule has 1 N–H and O–H groups in total. The Labute approximate surface area is 97.6 Å². The Hall–Kier alpha value is -0.770. The van der Waals surface area contributed by atoms with Gasteiger partial charge in [-0.05, 0) is 47.5 Å². The maximum Gasteiger partial charge on any atom is 0.410 e. The molecule has 0 saturated carbocycles. The molecule has 1 fully saturated rings. The zero-order chi connectivity index (χ0) is 12.6. The molecule has 4 nitrogen and oxygen atoms in total. The van der Waals surface area contributed by atoms with Gasteiger partial charge in [-0.3, -0.25) is 0 Å². The zero-order valence-electron chi connectivity index (χ0n) is 10.9. The molecule has 0 radical (unpaired) electrons. The molecule has 0 bridgehead atoms. The van der Waals surface area contributed by atoms with Crippen LogP contribution in [0.3, 0.4) is 0 Å². The molecule has 1 amide bonds. The molecular weight excluding hydrogens is 206 g/mol. The van der Waals surface area contributed by atoms with E-state index in [-0.39, 0.29) is 12.1 Å². The van der Waals surface area contributed by atoms with Crippen molar-refractivity contribution < 1.29 is 14.6 Å². The molecule has 1 aliphatic rings. The first-order chi connectivity index (χ1) is 7.11. The van der Waals surface area contributed by atoms with Crippen LogP contribution in [0.2, 0.25) is 0 Å². The number of piperidine rings is 1. The summed E-state index contributed by atoms with van der Waals surface area (Å²) in [6, 6.07) is 0.0265. The van der Waals surface area contributed by atoms with Crippen LogP contribution in [0.15, 0.2) is 0 Å². The third-order valence-corrected chi connectivity index (χ3v) is 2.79. The number of hydrogen-bond acceptors (Lipinski definition) is 3. The molecular formula is C12H23NO3. The largest absolute Gasteiger partial charge is 0.444 e. The Morgan fingerprint density at radius 2 is 2.06 bits per heavy atom. The molecule has 4 heteroatoms. The van der Waals surface area contributed by atoms with Crippen LogP contribution in [-0.4, -0.2) is 39.9 Å². The number of carbonyl (C=O) groups excluding carboxylic acids is 1. The van der Waals surface area contributed by atoms with Crippen LogP contribution in [0.1, 0.15) is 47.5 Å². The Balaban J connectivity index is 2.59. The first-order valence-electron chi connectivity index (χ1n) is 5.83. The molecule has 1 heterocycles. The number of aliphatic hydroxyl groups is 1. The summed E-state index contributed by atoms with van der Waals surface area (Å²) in [6.07, 6.45) is 0.929. The minimum absolute atomic E-state index is 0.0265. The Bertz CT molecular complexity index is 268. The van der Waals surface area contributed by atoms with Crippen LogP contribution in [0.4, 0.5) is 4.79 Å². The number of amides is 1. The van der Waals surface area contributed by atoms with Gasteiger partial charge >= 0.3 is 6.09 Å². The number of rotatable bonds is 0. The fourth-order valence-corrected chi connectivity index (χ4v) is 2.02. The number of nitrogens with zero attached hydrogens (tertiary/aromatic N) is 1. The molecule has 1 rings (SSSR count). The quantitative estimate of drug-likeness (QED) is 0.692. The number of hydrogen-bond donors (Lipinski definition) is 1. The Kier molecular flexibility index (Phi) is 3.53. The monoisotopic (exact) mass is 229 g/mol. The van der Waals surface area contributed by atoms with E-state index < -0.39 is 11.2 Å². The molecule has 16 heavy (non-hydrogen) atoms. The van der Waals surface area contributed by atoms with Gasteiger partial charge in [0.15, 0.2) is 0 Å². The summed E-state index contributed by atoms with van der Waals surface area (Å²) in [5, 5.41) is 9.90. The molecule has 0 aromatic carbocycles. The van der Waals surface area contributed by atoms with E-state index in [1.165, 1.54) is 0 Å². The lowest BCUT2D eigenvalue weighted by molar-refractivity contribution is -0.0405. The second-order valence-electron chi connectivity index (χ2n) is 5.97. The average molecular weight is 229 g/mol. The van der Waals surface area contributed by atoms with Gasteiger partial charge in [-0.2, -0.15) is 0 Å². The summed E-state index contributed by atoms with van der Waals surface area (Å²) in [5.41, 5.74) is -1.12.